The Bertz CT molecular complexity index is 709. The molecule has 21 heavy (non-hydrogen) atoms. The van der Waals surface area contributed by atoms with Crippen LogP contribution in [0.2, 0.25) is 0 Å². The number of carboxylic acid groups (broad SMARTS) is 2. The van der Waals surface area contributed by atoms with Crippen LogP contribution in [0.3, 0.4) is 0 Å². The highest BCUT2D eigenvalue weighted by molar-refractivity contribution is 5.89. The lowest BCUT2D eigenvalue weighted by Crippen LogP contribution is -2.07. The van der Waals surface area contributed by atoms with Crippen LogP contribution in [0.25, 0.3) is 11.1 Å². The van der Waals surface area contributed by atoms with Gasteiger partial charge in [0.1, 0.15) is 5.82 Å². The third-order valence-electron chi connectivity index (χ3n) is 3.28. The number of aromatic carboxylic acids is 1. The fourth-order valence-electron chi connectivity index (χ4n) is 2.00. The summed E-state index contributed by atoms with van der Waals surface area (Å²) in [6, 6.07) is 10.1. The Kier molecular flexibility index (Phi) is 4.03. The Labute approximate surface area is 120 Å². The Morgan fingerprint density at radius 1 is 1.10 bits per heavy atom. The normalized spacial score (nSPS) is 11.9. The number of hydrogen-bond acceptors (Lipinski definition) is 2. The lowest BCUT2D eigenvalue weighted by Gasteiger charge is -2.10. The first-order chi connectivity index (χ1) is 9.90. The number of benzene rings is 2. The predicted octanol–water partition coefficient (Wildman–Crippen LogP) is 3.38. The number of carbonyl (C=O) groups is 2. The van der Waals surface area contributed by atoms with Gasteiger partial charge in [-0.25, -0.2) is 9.18 Å². The summed E-state index contributed by atoms with van der Waals surface area (Å²) in [5.74, 6) is -3.51. The average molecular weight is 288 g/mol. The van der Waals surface area contributed by atoms with Gasteiger partial charge in [0.25, 0.3) is 0 Å². The van der Waals surface area contributed by atoms with Gasteiger partial charge in [-0.15, -0.1) is 0 Å². The molecule has 1 atom stereocenters. The van der Waals surface area contributed by atoms with E-state index in [0.717, 1.165) is 0 Å². The largest absolute Gasteiger partial charge is 0.481 e. The van der Waals surface area contributed by atoms with Crippen LogP contribution in [0.1, 0.15) is 28.8 Å². The van der Waals surface area contributed by atoms with Gasteiger partial charge in [0, 0.05) is 5.56 Å². The van der Waals surface area contributed by atoms with E-state index in [0.29, 0.717) is 11.1 Å². The van der Waals surface area contributed by atoms with Crippen molar-refractivity contribution in [1.82, 2.24) is 0 Å². The predicted molar refractivity (Wildman–Crippen MR) is 74.8 cm³/mol. The molecule has 0 bridgehead atoms. The fourth-order valence-corrected chi connectivity index (χ4v) is 2.00. The van der Waals surface area contributed by atoms with Crippen LogP contribution in [-0.4, -0.2) is 22.2 Å². The highest BCUT2D eigenvalue weighted by Gasteiger charge is 2.16. The van der Waals surface area contributed by atoms with Gasteiger partial charge in [-0.2, -0.15) is 0 Å². The van der Waals surface area contributed by atoms with Gasteiger partial charge in [0.2, 0.25) is 0 Å². The van der Waals surface area contributed by atoms with Gasteiger partial charge in [-0.1, -0.05) is 24.3 Å². The minimum absolute atomic E-state index is 0.0647. The summed E-state index contributed by atoms with van der Waals surface area (Å²) in [6.07, 6.45) is 0. The maximum atomic E-state index is 14.2. The topological polar surface area (TPSA) is 74.6 Å². The molecular weight excluding hydrogens is 275 g/mol. The Morgan fingerprint density at radius 3 is 2.38 bits per heavy atom. The minimum Gasteiger partial charge on any atom is -0.481 e. The second kappa shape index (κ2) is 5.75. The third-order valence-corrected chi connectivity index (χ3v) is 3.28. The molecule has 0 aliphatic heterocycles. The number of aliphatic carboxylic acids is 1. The molecule has 0 saturated carbocycles. The van der Waals surface area contributed by atoms with E-state index in [9.17, 15) is 14.0 Å². The third kappa shape index (κ3) is 3.08. The van der Waals surface area contributed by atoms with E-state index in [2.05, 4.69) is 0 Å². The first-order valence-corrected chi connectivity index (χ1v) is 6.26. The molecule has 5 heteroatoms. The molecule has 2 aromatic carbocycles. The summed E-state index contributed by atoms with van der Waals surface area (Å²) in [6.45, 7) is 1.47. The van der Waals surface area contributed by atoms with Crippen LogP contribution >= 0.6 is 0 Å². The lowest BCUT2D eigenvalue weighted by molar-refractivity contribution is -0.138. The molecule has 0 spiro atoms. The second-order valence-electron chi connectivity index (χ2n) is 4.69. The van der Waals surface area contributed by atoms with Gasteiger partial charge < -0.3 is 10.2 Å². The van der Waals surface area contributed by atoms with Crippen molar-refractivity contribution in [3.8, 4) is 11.1 Å². The molecule has 2 N–H and O–H groups in total. The Morgan fingerprint density at radius 2 is 1.81 bits per heavy atom. The number of hydrogen-bond donors (Lipinski definition) is 2. The summed E-state index contributed by atoms with van der Waals surface area (Å²) in [7, 11) is 0. The molecule has 0 amide bonds. The number of rotatable bonds is 4. The van der Waals surface area contributed by atoms with E-state index in [1.807, 2.05) is 0 Å². The van der Waals surface area contributed by atoms with Gasteiger partial charge in [-0.3, -0.25) is 4.79 Å². The van der Waals surface area contributed by atoms with Gasteiger partial charge in [-0.05, 0) is 36.2 Å². The van der Waals surface area contributed by atoms with Crippen molar-refractivity contribution in [2.24, 2.45) is 0 Å². The van der Waals surface area contributed by atoms with Crippen LogP contribution in [-0.2, 0) is 4.79 Å². The van der Waals surface area contributed by atoms with Crippen LogP contribution in [0.4, 0.5) is 4.39 Å². The summed E-state index contributed by atoms with van der Waals surface area (Å²) in [5.41, 5.74) is 1.09. The highest BCUT2D eigenvalue weighted by atomic mass is 19.1. The second-order valence-corrected chi connectivity index (χ2v) is 4.69. The maximum absolute atomic E-state index is 14.2. The van der Waals surface area contributed by atoms with Crippen LogP contribution in [0.5, 0.6) is 0 Å². The molecule has 0 aliphatic rings. The van der Waals surface area contributed by atoms with Gasteiger partial charge in [0.05, 0.1) is 11.5 Å². The van der Waals surface area contributed by atoms with Crippen molar-refractivity contribution in [3.05, 3.63) is 59.4 Å². The van der Waals surface area contributed by atoms with E-state index in [-0.39, 0.29) is 11.1 Å². The zero-order valence-electron chi connectivity index (χ0n) is 11.2. The molecule has 1 unspecified atom stereocenters. The van der Waals surface area contributed by atoms with Crippen molar-refractivity contribution < 1.29 is 24.2 Å². The number of halogens is 1. The van der Waals surface area contributed by atoms with Crippen molar-refractivity contribution in [2.45, 2.75) is 12.8 Å². The quantitative estimate of drug-likeness (QED) is 0.904. The molecule has 108 valence electrons. The first-order valence-electron chi connectivity index (χ1n) is 6.26. The standard InChI is InChI=1S/C16H13FO4/c1-9(15(18)19)10-5-6-13(14(17)8-10)11-3-2-4-12(7-11)16(20)21/h2-9H,1H3,(H,18,19)(H,20,21). The molecule has 0 heterocycles. The molecule has 0 aromatic heterocycles. The van der Waals surface area contributed by atoms with Crippen molar-refractivity contribution in [1.29, 1.82) is 0 Å². The zero-order valence-corrected chi connectivity index (χ0v) is 11.2. The monoisotopic (exact) mass is 288 g/mol. The van der Waals surface area contributed by atoms with Crippen LogP contribution < -0.4 is 0 Å². The van der Waals surface area contributed by atoms with Crippen molar-refractivity contribution in [3.63, 3.8) is 0 Å². The van der Waals surface area contributed by atoms with E-state index in [4.69, 9.17) is 10.2 Å². The smallest absolute Gasteiger partial charge is 0.335 e. The Hall–Kier alpha value is -2.69. The van der Waals surface area contributed by atoms with Crippen molar-refractivity contribution >= 4 is 11.9 Å². The average Bonchev–Trinajstić information content (AvgIpc) is 2.46. The molecule has 2 rings (SSSR count). The van der Waals surface area contributed by atoms with Crippen LogP contribution in [0.15, 0.2) is 42.5 Å². The summed E-state index contributed by atoms with van der Waals surface area (Å²) >= 11 is 0. The molecule has 0 radical (unpaired) electrons. The van der Waals surface area contributed by atoms with E-state index < -0.39 is 23.7 Å². The highest BCUT2D eigenvalue weighted by Crippen LogP contribution is 2.27. The van der Waals surface area contributed by atoms with Crippen molar-refractivity contribution in [2.75, 3.05) is 0 Å². The molecule has 0 aliphatic carbocycles. The lowest BCUT2D eigenvalue weighted by atomic mass is 9.96. The van der Waals surface area contributed by atoms with E-state index in [1.54, 1.807) is 6.07 Å². The molecule has 4 nitrogen and oxygen atoms in total. The zero-order chi connectivity index (χ0) is 15.6. The summed E-state index contributed by atoms with van der Waals surface area (Å²) < 4.78 is 14.2. The summed E-state index contributed by atoms with van der Waals surface area (Å²) in [5, 5.41) is 17.9. The van der Waals surface area contributed by atoms with E-state index >= 15 is 0 Å². The molecule has 0 saturated heterocycles. The van der Waals surface area contributed by atoms with Gasteiger partial charge >= 0.3 is 11.9 Å². The molecule has 0 fully saturated rings. The fraction of sp³-hybridized carbons (Fsp3) is 0.125. The summed E-state index contributed by atoms with van der Waals surface area (Å²) in [4.78, 5) is 21.8. The van der Waals surface area contributed by atoms with E-state index in [1.165, 1.54) is 43.3 Å². The molecular formula is C16H13FO4. The minimum atomic E-state index is -1.09. The SMILES string of the molecule is CC(C(=O)O)c1ccc(-c2cccc(C(=O)O)c2)c(F)c1. The Balaban J connectivity index is 2.44. The number of carboxylic acids is 2. The van der Waals surface area contributed by atoms with Crippen LogP contribution in [0, 0.1) is 5.82 Å². The maximum Gasteiger partial charge on any atom is 0.335 e. The first kappa shape index (κ1) is 14.7. The molecule has 2 aromatic rings. The van der Waals surface area contributed by atoms with Gasteiger partial charge in [0.15, 0.2) is 0 Å².